The molecule has 0 spiro atoms. The number of carbonyl (C=O) groups excluding carboxylic acids is 1. The van der Waals surface area contributed by atoms with E-state index in [9.17, 15) is 23.5 Å². The van der Waals surface area contributed by atoms with E-state index in [1.165, 1.54) is 0 Å². The Hall–Kier alpha value is -2.84. The molecule has 1 aliphatic carbocycles. The molecule has 1 heterocycles. The zero-order valence-corrected chi connectivity index (χ0v) is 14.7. The molecule has 1 aliphatic rings. The Morgan fingerprint density at radius 3 is 2.78 bits per heavy atom. The summed E-state index contributed by atoms with van der Waals surface area (Å²) < 4.78 is 32.6. The van der Waals surface area contributed by atoms with Crippen LogP contribution in [0.1, 0.15) is 55.8 Å². The van der Waals surface area contributed by atoms with E-state index in [-0.39, 0.29) is 6.42 Å². The van der Waals surface area contributed by atoms with Gasteiger partial charge in [-0.2, -0.15) is 4.98 Å². The van der Waals surface area contributed by atoms with E-state index in [4.69, 9.17) is 4.52 Å². The predicted molar refractivity (Wildman–Crippen MR) is 88.7 cm³/mol. The Kier molecular flexibility index (Phi) is 5.20. The summed E-state index contributed by atoms with van der Waals surface area (Å²) in [5, 5.41) is 15.6. The lowest BCUT2D eigenvalue weighted by atomic mass is 9.91. The van der Waals surface area contributed by atoms with Crippen LogP contribution in [0.25, 0.3) is 0 Å². The average molecular weight is 379 g/mol. The van der Waals surface area contributed by atoms with Crippen molar-refractivity contribution in [1.82, 2.24) is 15.5 Å². The van der Waals surface area contributed by atoms with Crippen LogP contribution in [0, 0.1) is 11.6 Å². The minimum absolute atomic E-state index is 0.0268. The van der Waals surface area contributed by atoms with Crippen LogP contribution < -0.4 is 5.32 Å². The van der Waals surface area contributed by atoms with E-state index in [0.29, 0.717) is 30.5 Å². The van der Waals surface area contributed by atoms with Gasteiger partial charge >= 0.3 is 5.97 Å². The number of hydrogen-bond donors (Lipinski definition) is 2. The third kappa shape index (κ3) is 4.29. The number of benzene rings is 1. The van der Waals surface area contributed by atoms with Gasteiger partial charge in [-0.25, -0.2) is 13.6 Å². The number of aliphatic carboxylic acids is 1. The van der Waals surface area contributed by atoms with Gasteiger partial charge in [-0.3, -0.25) is 4.79 Å². The second kappa shape index (κ2) is 7.42. The highest BCUT2D eigenvalue weighted by molar-refractivity contribution is 5.87. The average Bonchev–Trinajstić information content (AvgIpc) is 3.36. The smallest absolute Gasteiger partial charge is 0.333 e. The number of aromatic nitrogens is 2. The van der Waals surface area contributed by atoms with Gasteiger partial charge in [-0.1, -0.05) is 5.16 Å². The van der Waals surface area contributed by atoms with Crippen LogP contribution >= 0.6 is 0 Å². The van der Waals surface area contributed by atoms with Crippen LogP contribution in [0.15, 0.2) is 22.7 Å². The number of nitrogens with zero attached hydrogens (tertiary/aromatic N) is 2. The maximum absolute atomic E-state index is 14.0. The Bertz CT molecular complexity index is 866. The fourth-order valence-corrected chi connectivity index (χ4v) is 2.74. The maximum Gasteiger partial charge on any atom is 0.333 e. The van der Waals surface area contributed by atoms with E-state index in [1.54, 1.807) is 0 Å². The zero-order valence-electron chi connectivity index (χ0n) is 14.7. The van der Waals surface area contributed by atoms with Crippen molar-refractivity contribution < 1.29 is 28.0 Å². The molecular formula is C18H19F2N3O4. The van der Waals surface area contributed by atoms with Gasteiger partial charge in [0.05, 0.1) is 0 Å². The lowest BCUT2D eigenvalue weighted by molar-refractivity contribution is -0.147. The molecule has 1 fully saturated rings. The number of carboxylic acid groups (broad SMARTS) is 1. The van der Waals surface area contributed by atoms with Crippen LogP contribution in [-0.2, 0) is 21.5 Å². The molecule has 3 rings (SSSR count). The normalized spacial score (nSPS) is 16.0. The van der Waals surface area contributed by atoms with Crippen molar-refractivity contribution in [3.05, 3.63) is 47.1 Å². The highest BCUT2D eigenvalue weighted by Crippen LogP contribution is 2.38. The van der Waals surface area contributed by atoms with Crippen molar-refractivity contribution in [2.75, 3.05) is 0 Å². The van der Waals surface area contributed by atoms with Gasteiger partial charge in [0.2, 0.25) is 11.8 Å². The molecule has 0 aliphatic heterocycles. The molecule has 0 unspecified atom stereocenters. The van der Waals surface area contributed by atoms with Gasteiger partial charge < -0.3 is 14.9 Å². The molecule has 1 atom stereocenters. The lowest BCUT2D eigenvalue weighted by Crippen LogP contribution is -2.50. The van der Waals surface area contributed by atoms with Crippen molar-refractivity contribution in [2.45, 2.75) is 50.5 Å². The molecule has 0 saturated heterocycles. The van der Waals surface area contributed by atoms with Gasteiger partial charge in [0.15, 0.2) is 11.4 Å². The Balaban J connectivity index is 1.60. The van der Waals surface area contributed by atoms with E-state index in [2.05, 4.69) is 15.5 Å². The van der Waals surface area contributed by atoms with Crippen LogP contribution in [0.4, 0.5) is 8.78 Å². The first-order valence-corrected chi connectivity index (χ1v) is 8.62. The molecule has 9 heteroatoms. The zero-order chi connectivity index (χ0) is 19.6. The van der Waals surface area contributed by atoms with Crippen LogP contribution in [0.2, 0.25) is 0 Å². The topological polar surface area (TPSA) is 105 Å². The second-order valence-corrected chi connectivity index (χ2v) is 6.78. The van der Waals surface area contributed by atoms with Crippen LogP contribution in [-0.4, -0.2) is 27.1 Å². The van der Waals surface area contributed by atoms with Gasteiger partial charge in [-0.05, 0) is 44.4 Å². The third-order valence-electron chi connectivity index (χ3n) is 4.51. The van der Waals surface area contributed by atoms with Crippen molar-refractivity contribution in [2.24, 2.45) is 0 Å². The standard InChI is InChI=1S/C18H19F2N3O4/c1-18(17(25)26,12-9-11(19)7-8-13(12)20)22-14(24)3-2-4-15-21-16(23-27-15)10-5-6-10/h7-10H,2-6H2,1H3,(H,22,24)(H,25,26)/t18-/m0/s1. The van der Waals surface area contributed by atoms with Gasteiger partial charge in [0.25, 0.3) is 0 Å². The number of halogens is 2. The third-order valence-corrected chi connectivity index (χ3v) is 4.51. The number of carbonyl (C=O) groups is 2. The lowest BCUT2D eigenvalue weighted by Gasteiger charge is -2.27. The molecule has 144 valence electrons. The molecule has 1 amide bonds. The van der Waals surface area contributed by atoms with E-state index in [1.807, 2.05) is 0 Å². The Morgan fingerprint density at radius 2 is 2.11 bits per heavy atom. The number of hydrogen-bond acceptors (Lipinski definition) is 5. The number of aryl methyl sites for hydroxylation is 1. The summed E-state index contributed by atoms with van der Waals surface area (Å²) in [6.45, 7) is 1.12. The Morgan fingerprint density at radius 1 is 1.37 bits per heavy atom. The first kappa shape index (κ1) is 18.9. The highest BCUT2D eigenvalue weighted by atomic mass is 19.1. The summed E-state index contributed by atoms with van der Waals surface area (Å²) in [6, 6.07) is 2.47. The summed E-state index contributed by atoms with van der Waals surface area (Å²) in [4.78, 5) is 28.1. The second-order valence-electron chi connectivity index (χ2n) is 6.78. The number of rotatable bonds is 8. The molecular weight excluding hydrogens is 360 g/mol. The fourth-order valence-electron chi connectivity index (χ4n) is 2.74. The first-order valence-electron chi connectivity index (χ1n) is 8.62. The molecule has 27 heavy (non-hydrogen) atoms. The minimum Gasteiger partial charge on any atom is -0.479 e. The molecule has 1 saturated carbocycles. The van der Waals surface area contributed by atoms with Crippen molar-refractivity contribution >= 4 is 11.9 Å². The van der Waals surface area contributed by atoms with E-state index < -0.39 is 34.6 Å². The minimum atomic E-state index is -2.09. The molecule has 1 aromatic heterocycles. The highest BCUT2D eigenvalue weighted by Gasteiger charge is 2.39. The largest absolute Gasteiger partial charge is 0.479 e. The molecule has 0 bridgehead atoms. The quantitative estimate of drug-likeness (QED) is 0.731. The monoisotopic (exact) mass is 379 g/mol. The van der Waals surface area contributed by atoms with E-state index in [0.717, 1.165) is 38.0 Å². The molecule has 1 aromatic carbocycles. The summed E-state index contributed by atoms with van der Waals surface area (Å²) in [5.41, 5.74) is -2.54. The molecule has 0 radical (unpaired) electrons. The number of carboxylic acids is 1. The van der Waals surface area contributed by atoms with Gasteiger partial charge in [0.1, 0.15) is 11.6 Å². The number of amides is 1. The van der Waals surface area contributed by atoms with Crippen LogP contribution in [0.5, 0.6) is 0 Å². The molecule has 2 aromatic rings. The number of nitrogens with one attached hydrogen (secondary N) is 1. The van der Waals surface area contributed by atoms with Gasteiger partial charge in [-0.15, -0.1) is 0 Å². The predicted octanol–water partition coefficient (Wildman–Crippen LogP) is 2.66. The molecule has 2 N–H and O–H groups in total. The Labute approximate surface area is 153 Å². The maximum atomic E-state index is 14.0. The summed E-state index contributed by atoms with van der Waals surface area (Å²) in [5.74, 6) is -2.35. The van der Waals surface area contributed by atoms with E-state index >= 15 is 0 Å². The fraction of sp³-hybridized carbons (Fsp3) is 0.444. The van der Waals surface area contributed by atoms with Crippen LogP contribution in [0.3, 0.4) is 0 Å². The van der Waals surface area contributed by atoms with Crippen molar-refractivity contribution in [3.8, 4) is 0 Å². The SMILES string of the molecule is C[C@@](NC(=O)CCCc1nc(C2CC2)no1)(C(=O)O)c1cc(F)ccc1F. The van der Waals surface area contributed by atoms with Crippen molar-refractivity contribution in [1.29, 1.82) is 0 Å². The van der Waals surface area contributed by atoms with Crippen molar-refractivity contribution in [3.63, 3.8) is 0 Å². The first-order chi connectivity index (χ1) is 12.8. The summed E-state index contributed by atoms with van der Waals surface area (Å²) in [7, 11) is 0. The molecule has 7 nitrogen and oxygen atoms in total. The van der Waals surface area contributed by atoms with Gasteiger partial charge in [0, 0.05) is 24.3 Å². The summed E-state index contributed by atoms with van der Waals surface area (Å²) >= 11 is 0. The summed E-state index contributed by atoms with van der Waals surface area (Å²) in [6.07, 6.45) is 2.78.